The maximum Gasteiger partial charge on any atom is 0.341 e. The van der Waals surface area contributed by atoms with Gasteiger partial charge in [0.05, 0.1) is 6.04 Å². The first-order valence-electron chi connectivity index (χ1n) is 11.2. The van der Waals surface area contributed by atoms with Crippen LogP contribution in [0.5, 0.6) is 0 Å². The molecule has 0 radical (unpaired) electrons. The van der Waals surface area contributed by atoms with E-state index in [4.69, 9.17) is 11.6 Å². The van der Waals surface area contributed by atoms with Crippen molar-refractivity contribution in [1.29, 1.82) is 0 Å². The number of fused-ring (bicyclic) bond motifs is 1. The van der Waals surface area contributed by atoms with Crippen LogP contribution in [0.1, 0.15) is 32.5 Å². The van der Waals surface area contributed by atoms with Crippen LogP contribution in [0.3, 0.4) is 0 Å². The van der Waals surface area contributed by atoms with Gasteiger partial charge in [-0.25, -0.2) is 22.6 Å². The fourth-order valence-corrected chi connectivity index (χ4v) is 7.12. The van der Waals surface area contributed by atoms with Crippen LogP contribution in [-0.4, -0.2) is 29.0 Å². The second-order valence-corrected chi connectivity index (χ2v) is 11.9. The third-order valence-corrected chi connectivity index (χ3v) is 9.04. The van der Waals surface area contributed by atoms with E-state index in [9.17, 15) is 27.5 Å². The Morgan fingerprint density at radius 2 is 1.63 bits per heavy atom. The number of rotatable bonds is 7. The molecule has 1 N–H and O–H groups in total. The van der Waals surface area contributed by atoms with Crippen LogP contribution in [0.25, 0.3) is 10.3 Å². The van der Waals surface area contributed by atoms with Crippen molar-refractivity contribution >= 4 is 49.1 Å². The van der Waals surface area contributed by atoms with E-state index >= 15 is 0 Å². The standard InChI is InChI=1S/C27H18ClFN2O5S2/c28-18-11-12-21(20(29)13-18)38(35,36)15-22-30-23-25(32)19(27(33)34)14-31(26(23)37-22)24(16-7-3-1-4-8-16)17-9-5-2-6-10-17/h1-14,24H,15H2,(H,33,34). The first-order valence-corrected chi connectivity index (χ1v) is 14.1. The lowest BCUT2D eigenvalue weighted by atomic mass is 9.98. The van der Waals surface area contributed by atoms with Crippen molar-refractivity contribution in [3.8, 4) is 0 Å². The molecule has 38 heavy (non-hydrogen) atoms. The molecule has 2 aromatic heterocycles. The molecule has 0 amide bonds. The highest BCUT2D eigenvalue weighted by Crippen LogP contribution is 2.33. The predicted molar refractivity (Wildman–Crippen MR) is 143 cm³/mol. The van der Waals surface area contributed by atoms with Crippen LogP contribution in [0, 0.1) is 5.82 Å². The number of carboxylic acid groups (broad SMARTS) is 1. The Morgan fingerprint density at radius 1 is 1.03 bits per heavy atom. The highest BCUT2D eigenvalue weighted by Gasteiger charge is 2.27. The number of benzene rings is 3. The third kappa shape index (κ3) is 4.85. The molecule has 0 aliphatic rings. The zero-order valence-electron chi connectivity index (χ0n) is 19.4. The number of carbonyl (C=O) groups is 1. The third-order valence-electron chi connectivity index (χ3n) is 5.90. The molecule has 0 atom stereocenters. The molecule has 0 saturated carbocycles. The molecule has 5 aromatic rings. The van der Waals surface area contributed by atoms with E-state index in [1.807, 2.05) is 60.7 Å². The second kappa shape index (κ2) is 10.1. The Balaban J connectivity index is 1.73. The topological polar surface area (TPSA) is 106 Å². The van der Waals surface area contributed by atoms with Gasteiger partial charge in [-0.15, -0.1) is 0 Å². The lowest BCUT2D eigenvalue weighted by Crippen LogP contribution is -2.21. The summed E-state index contributed by atoms with van der Waals surface area (Å²) in [7, 11) is -4.20. The minimum absolute atomic E-state index is 0.0163. The van der Waals surface area contributed by atoms with Crippen molar-refractivity contribution in [2.24, 2.45) is 0 Å². The fraction of sp³-hybridized carbons (Fsp3) is 0.0741. The van der Waals surface area contributed by atoms with Crippen molar-refractivity contribution in [1.82, 2.24) is 9.55 Å². The molecule has 0 fully saturated rings. The van der Waals surface area contributed by atoms with E-state index in [0.717, 1.165) is 34.6 Å². The molecule has 0 aliphatic carbocycles. The minimum atomic E-state index is -4.20. The van der Waals surface area contributed by atoms with Gasteiger partial charge >= 0.3 is 5.97 Å². The molecule has 5 rings (SSSR count). The van der Waals surface area contributed by atoms with Crippen LogP contribution in [0.15, 0.2) is 94.7 Å². The molecule has 0 bridgehead atoms. The number of hydrogen-bond acceptors (Lipinski definition) is 6. The van der Waals surface area contributed by atoms with Crippen molar-refractivity contribution in [3.63, 3.8) is 0 Å². The van der Waals surface area contributed by atoms with E-state index in [0.29, 0.717) is 4.83 Å². The summed E-state index contributed by atoms with van der Waals surface area (Å²) < 4.78 is 42.1. The summed E-state index contributed by atoms with van der Waals surface area (Å²) in [6.45, 7) is 0. The van der Waals surface area contributed by atoms with Crippen molar-refractivity contribution in [2.45, 2.75) is 16.7 Å². The Labute approximate surface area is 225 Å². The van der Waals surface area contributed by atoms with Gasteiger partial charge in [-0.05, 0) is 29.3 Å². The van der Waals surface area contributed by atoms with Gasteiger partial charge in [-0.3, -0.25) is 4.79 Å². The van der Waals surface area contributed by atoms with Gasteiger partial charge in [-0.1, -0.05) is 83.6 Å². The largest absolute Gasteiger partial charge is 0.477 e. The van der Waals surface area contributed by atoms with E-state index in [1.54, 1.807) is 4.57 Å². The summed E-state index contributed by atoms with van der Waals surface area (Å²) in [4.78, 5) is 29.1. The van der Waals surface area contributed by atoms with Gasteiger partial charge in [0, 0.05) is 11.2 Å². The molecular weight excluding hydrogens is 551 g/mol. The van der Waals surface area contributed by atoms with Crippen LogP contribution < -0.4 is 5.43 Å². The maximum absolute atomic E-state index is 14.4. The number of thiazole rings is 1. The molecule has 0 spiro atoms. The molecular formula is C27H18ClFN2O5S2. The quantitative estimate of drug-likeness (QED) is 0.275. The van der Waals surface area contributed by atoms with E-state index in [-0.39, 0.29) is 15.5 Å². The number of nitrogens with zero attached hydrogens (tertiary/aromatic N) is 2. The Bertz CT molecular complexity index is 1800. The zero-order valence-corrected chi connectivity index (χ0v) is 21.8. The van der Waals surface area contributed by atoms with Crippen molar-refractivity contribution in [3.05, 3.63) is 128 Å². The lowest BCUT2D eigenvalue weighted by Gasteiger charge is -2.23. The zero-order chi connectivity index (χ0) is 27.0. The summed E-state index contributed by atoms with van der Waals surface area (Å²) in [6.07, 6.45) is 1.26. The Kier molecular flexibility index (Phi) is 6.87. The normalized spacial score (nSPS) is 11.8. The average molecular weight is 569 g/mol. The number of aromatic nitrogens is 2. The second-order valence-electron chi connectivity index (χ2n) is 8.40. The van der Waals surface area contributed by atoms with E-state index in [2.05, 4.69) is 4.98 Å². The van der Waals surface area contributed by atoms with Crippen molar-refractivity contribution in [2.75, 3.05) is 0 Å². The van der Waals surface area contributed by atoms with Gasteiger partial charge in [0.2, 0.25) is 5.43 Å². The van der Waals surface area contributed by atoms with Gasteiger partial charge in [0.15, 0.2) is 9.84 Å². The van der Waals surface area contributed by atoms with Gasteiger partial charge in [-0.2, -0.15) is 0 Å². The first kappa shape index (κ1) is 25.8. The highest BCUT2D eigenvalue weighted by atomic mass is 35.5. The number of sulfone groups is 1. The number of hydrogen-bond donors (Lipinski definition) is 1. The SMILES string of the molecule is O=C(O)c1cn(C(c2ccccc2)c2ccccc2)c2sc(CS(=O)(=O)c3ccc(Cl)cc3F)nc2c1=O. The summed E-state index contributed by atoms with van der Waals surface area (Å²) in [5, 5.41) is 9.85. The summed E-state index contributed by atoms with van der Waals surface area (Å²) in [5.41, 5.74) is 0.115. The predicted octanol–water partition coefficient (Wildman–Crippen LogP) is 5.56. The summed E-state index contributed by atoms with van der Waals surface area (Å²) in [5.74, 6) is -3.12. The van der Waals surface area contributed by atoms with Gasteiger partial charge in [0.1, 0.15) is 37.4 Å². The maximum atomic E-state index is 14.4. The average Bonchev–Trinajstić information content (AvgIpc) is 3.30. The Hall–Kier alpha value is -3.86. The van der Waals surface area contributed by atoms with Crippen LogP contribution in [0.4, 0.5) is 4.39 Å². The fourth-order valence-electron chi connectivity index (χ4n) is 4.22. The molecule has 0 unspecified atom stereocenters. The summed E-state index contributed by atoms with van der Waals surface area (Å²) >= 11 is 6.69. The molecule has 3 aromatic carbocycles. The van der Waals surface area contributed by atoms with Gasteiger partial charge < -0.3 is 9.67 Å². The smallest absolute Gasteiger partial charge is 0.341 e. The molecule has 192 valence electrons. The van der Waals surface area contributed by atoms with Crippen LogP contribution in [0.2, 0.25) is 5.02 Å². The first-order chi connectivity index (χ1) is 18.2. The highest BCUT2D eigenvalue weighted by molar-refractivity contribution is 7.90. The summed E-state index contributed by atoms with van der Waals surface area (Å²) in [6, 6.07) is 21.3. The number of halogens is 2. The monoisotopic (exact) mass is 568 g/mol. The molecule has 0 saturated heterocycles. The van der Waals surface area contributed by atoms with Crippen LogP contribution in [-0.2, 0) is 15.6 Å². The number of carboxylic acids is 1. The van der Waals surface area contributed by atoms with E-state index < -0.39 is 49.3 Å². The number of aromatic carboxylic acids is 1. The van der Waals surface area contributed by atoms with Gasteiger partial charge in [0.25, 0.3) is 0 Å². The molecule has 11 heteroatoms. The molecule has 0 aliphatic heterocycles. The minimum Gasteiger partial charge on any atom is -0.477 e. The molecule has 7 nitrogen and oxygen atoms in total. The van der Waals surface area contributed by atoms with Crippen molar-refractivity contribution < 1.29 is 22.7 Å². The van der Waals surface area contributed by atoms with E-state index in [1.165, 1.54) is 12.3 Å². The molecule has 2 heterocycles. The lowest BCUT2D eigenvalue weighted by molar-refractivity contribution is 0.0694. The number of pyridine rings is 1. The van der Waals surface area contributed by atoms with Crippen LogP contribution >= 0.6 is 22.9 Å². The Morgan fingerprint density at radius 3 is 2.18 bits per heavy atom.